The van der Waals surface area contributed by atoms with Crippen molar-refractivity contribution in [3.63, 3.8) is 0 Å². The number of hydrogen-bond donors (Lipinski definition) is 1. The van der Waals surface area contributed by atoms with Gasteiger partial charge in [0.1, 0.15) is 11.6 Å². The van der Waals surface area contributed by atoms with Crippen LogP contribution < -0.4 is 5.73 Å². The van der Waals surface area contributed by atoms with E-state index in [1.165, 1.54) is 0 Å². The van der Waals surface area contributed by atoms with Gasteiger partial charge in [0.15, 0.2) is 0 Å². The monoisotopic (exact) mass is 201 g/mol. The van der Waals surface area contributed by atoms with Gasteiger partial charge in [0, 0.05) is 13.0 Å². The first-order valence-corrected chi connectivity index (χ1v) is 4.09. The van der Waals surface area contributed by atoms with Crippen molar-refractivity contribution >= 4 is 0 Å². The molecule has 4 heteroatoms. The first-order valence-electron chi connectivity index (χ1n) is 4.09. The van der Waals surface area contributed by atoms with Gasteiger partial charge in [-0.1, -0.05) is 0 Å². The summed E-state index contributed by atoms with van der Waals surface area (Å²) in [5, 5.41) is 0. The molecular formula is C10H10F3N. The summed E-state index contributed by atoms with van der Waals surface area (Å²) in [6, 6.07) is 3.06. The highest BCUT2D eigenvalue weighted by Crippen LogP contribution is 2.13. The van der Waals surface area contributed by atoms with Crippen LogP contribution in [0.4, 0.5) is 13.2 Å². The third-order valence-electron chi connectivity index (χ3n) is 1.84. The van der Waals surface area contributed by atoms with Crippen molar-refractivity contribution in [2.24, 2.45) is 5.73 Å². The third-order valence-corrected chi connectivity index (χ3v) is 1.84. The third kappa shape index (κ3) is 2.60. The van der Waals surface area contributed by atoms with Gasteiger partial charge >= 0.3 is 0 Å². The fourth-order valence-electron chi connectivity index (χ4n) is 1.08. The van der Waals surface area contributed by atoms with Crippen LogP contribution in [0, 0.1) is 11.6 Å². The van der Waals surface area contributed by atoms with Crippen LogP contribution in [0.2, 0.25) is 0 Å². The molecule has 1 aromatic rings. The van der Waals surface area contributed by atoms with E-state index in [1.54, 1.807) is 0 Å². The molecule has 0 aromatic heterocycles. The van der Waals surface area contributed by atoms with Crippen molar-refractivity contribution in [1.29, 1.82) is 0 Å². The fraction of sp³-hybridized carbons (Fsp3) is 0.200. The van der Waals surface area contributed by atoms with Gasteiger partial charge in [-0.25, -0.2) is 13.2 Å². The largest absolute Gasteiger partial charge is 0.327 e. The predicted octanol–water partition coefficient (Wildman–Crippen LogP) is 2.32. The topological polar surface area (TPSA) is 26.0 Å². The van der Waals surface area contributed by atoms with E-state index < -0.39 is 11.6 Å². The van der Waals surface area contributed by atoms with Gasteiger partial charge in [0.25, 0.3) is 0 Å². The zero-order chi connectivity index (χ0) is 10.6. The average molecular weight is 201 g/mol. The second kappa shape index (κ2) is 4.81. The van der Waals surface area contributed by atoms with E-state index in [0.717, 1.165) is 18.2 Å². The van der Waals surface area contributed by atoms with Gasteiger partial charge in [0.2, 0.25) is 0 Å². The van der Waals surface area contributed by atoms with Crippen LogP contribution in [-0.2, 0) is 6.42 Å². The SMILES string of the molecule is NC/C(=C/F)Cc1cc(F)ccc1F. The van der Waals surface area contributed by atoms with E-state index in [2.05, 4.69) is 0 Å². The first kappa shape index (κ1) is 10.8. The molecule has 1 nitrogen and oxygen atoms in total. The molecule has 76 valence electrons. The molecule has 0 fully saturated rings. The molecule has 0 radical (unpaired) electrons. The Kier molecular flexibility index (Phi) is 3.71. The molecular weight excluding hydrogens is 191 g/mol. The molecule has 0 aliphatic rings. The lowest BCUT2D eigenvalue weighted by Crippen LogP contribution is -2.06. The number of hydrogen-bond acceptors (Lipinski definition) is 1. The summed E-state index contributed by atoms with van der Waals surface area (Å²) in [7, 11) is 0. The molecule has 0 heterocycles. The molecule has 14 heavy (non-hydrogen) atoms. The van der Waals surface area contributed by atoms with Crippen LogP contribution in [0.3, 0.4) is 0 Å². The van der Waals surface area contributed by atoms with Crippen molar-refractivity contribution in [3.8, 4) is 0 Å². The summed E-state index contributed by atoms with van der Waals surface area (Å²) in [5.41, 5.74) is 5.54. The smallest absolute Gasteiger partial charge is 0.126 e. The van der Waals surface area contributed by atoms with Gasteiger partial charge in [-0.3, -0.25) is 0 Å². The maximum Gasteiger partial charge on any atom is 0.126 e. The van der Waals surface area contributed by atoms with Crippen molar-refractivity contribution in [2.75, 3.05) is 6.54 Å². The summed E-state index contributed by atoms with van der Waals surface area (Å²) in [6.07, 6.45) is 0.320. The summed E-state index contributed by atoms with van der Waals surface area (Å²) in [5.74, 6) is -1.10. The molecule has 0 saturated heterocycles. The summed E-state index contributed by atoms with van der Waals surface area (Å²) >= 11 is 0. The van der Waals surface area contributed by atoms with Crippen LogP contribution >= 0.6 is 0 Å². The molecule has 1 aromatic carbocycles. The lowest BCUT2D eigenvalue weighted by molar-refractivity contribution is 0.586. The van der Waals surface area contributed by atoms with Gasteiger partial charge in [0.05, 0.1) is 6.33 Å². The standard InChI is InChI=1S/C10H10F3N/c11-5-7(6-14)3-8-4-9(12)1-2-10(8)13/h1-2,4-5H,3,6,14H2/b7-5+. The van der Waals surface area contributed by atoms with Gasteiger partial charge in [-0.2, -0.15) is 0 Å². The fourth-order valence-corrected chi connectivity index (χ4v) is 1.08. The quantitative estimate of drug-likeness (QED) is 0.797. The zero-order valence-corrected chi connectivity index (χ0v) is 7.43. The minimum absolute atomic E-state index is 0.00338. The van der Waals surface area contributed by atoms with Crippen LogP contribution in [0.5, 0.6) is 0 Å². The molecule has 0 amide bonds. The van der Waals surface area contributed by atoms with Crippen molar-refractivity contribution in [2.45, 2.75) is 6.42 Å². The van der Waals surface area contributed by atoms with Gasteiger partial charge in [-0.15, -0.1) is 0 Å². The van der Waals surface area contributed by atoms with Crippen LogP contribution in [-0.4, -0.2) is 6.54 Å². The lowest BCUT2D eigenvalue weighted by Gasteiger charge is -2.04. The normalized spacial score (nSPS) is 11.9. The number of halogens is 3. The highest BCUT2D eigenvalue weighted by Gasteiger charge is 2.05. The van der Waals surface area contributed by atoms with Crippen molar-refractivity contribution in [3.05, 3.63) is 47.3 Å². The second-order valence-electron chi connectivity index (χ2n) is 2.88. The predicted molar refractivity (Wildman–Crippen MR) is 48.3 cm³/mol. The minimum atomic E-state index is -0.556. The Bertz CT molecular complexity index is 347. The second-order valence-corrected chi connectivity index (χ2v) is 2.88. The molecule has 0 aliphatic heterocycles. The molecule has 0 spiro atoms. The molecule has 2 N–H and O–H groups in total. The van der Waals surface area contributed by atoms with Crippen molar-refractivity contribution in [1.82, 2.24) is 0 Å². The first-order chi connectivity index (χ1) is 6.67. The molecule has 0 saturated carbocycles. The Balaban J connectivity index is 2.90. The highest BCUT2D eigenvalue weighted by molar-refractivity contribution is 5.24. The van der Waals surface area contributed by atoms with Crippen molar-refractivity contribution < 1.29 is 13.2 Å². The molecule has 0 atom stereocenters. The molecule has 0 aliphatic carbocycles. The van der Waals surface area contributed by atoms with Crippen LogP contribution in [0.15, 0.2) is 30.1 Å². The Morgan fingerprint density at radius 2 is 2.07 bits per heavy atom. The maximum absolute atomic E-state index is 13.0. The molecule has 0 bridgehead atoms. The van der Waals surface area contributed by atoms with E-state index in [-0.39, 0.29) is 24.1 Å². The zero-order valence-electron chi connectivity index (χ0n) is 7.43. The number of nitrogens with two attached hydrogens (primary N) is 1. The van der Waals surface area contributed by atoms with E-state index in [1.807, 2.05) is 0 Å². The molecule has 0 unspecified atom stereocenters. The highest BCUT2D eigenvalue weighted by atomic mass is 19.1. The molecule has 1 rings (SSSR count). The summed E-state index contributed by atoms with van der Waals surface area (Å²) in [4.78, 5) is 0. The number of rotatable bonds is 3. The Morgan fingerprint density at radius 3 is 2.64 bits per heavy atom. The van der Waals surface area contributed by atoms with E-state index >= 15 is 0 Å². The Morgan fingerprint density at radius 1 is 1.36 bits per heavy atom. The van der Waals surface area contributed by atoms with E-state index in [9.17, 15) is 13.2 Å². The lowest BCUT2D eigenvalue weighted by atomic mass is 10.1. The van der Waals surface area contributed by atoms with E-state index in [0.29, 0.717) is 6.33 Å². The maximum atomic E-state index is 13.0. The average Bonchev–Trinajstić information content (AvgIpc) is 2.19. The van der Waals surface area contributed by atoms with Crippen LogP contribution in [0.1, 0.15) is 5.56 Å². The minimum Gasteiger partial charge on any atom is -0.327 e. The Hall–Kier alpha value is -1.29. The van der Waals surface area contributed by atoms with Crippen LogP contribution in [0.25, 0.3) is 0 Å². The van der Waals surface area contributed by atoms with E-state index in [4.69, 9.17) is 5.73 Å². The van der Waals surface area contributed by atoms with Gasteiger partial charge < -0.3 is 5.73 Å². The summed E-state index contributed by atoms with van der Waals surface area (Å²) < 4.78 is 37.9. The van der Waals surface area contributed by atoms with Gasteiger partial charge in [-0.05, 0) is 29.3 Å². The Labute approximate surface area is 80.0 Å². The number of benzene rings is 1. The summed E-state index contributed by atoms with van der Waals surface area (Å²) in [6.45, 7) is -0.00749.